The molecule has 164 valence electrons. The van der Waals surface area contributed by atoms with Crippen LogP contribution in [0.2, 0.25) is 0 Å². The highest BCUT2D eigenvalue weighted by Crippen LogP contribution is 2.39. The van der Waals surface area contributed by atoms with Gasteiger partial charge in [-0.05, 0) is 49.3 Å². The van der Waals surface area contributed by atoms with Crippen molar-refractivity contribution in [2.75, 3.05) is 13.6 Å². The third kappa shape index (κ3) is 5.79. The van der Waals surface area contributed by atoms with Gasteiger partial charge in [0.2, 0.25) is 0 Å². The number of likely N-dealkylation sites (N-methyl/N-ethyl adjacent to an activating group) is 1. The highest BCUT2D eigenvalue weighted by Gasteiger charge is 2.25. The minimum atomic E-state index is -0.815. The molecular formula is C26H33N3O2. The Bertz CT molecular complexity index is 899. The minimum absolute atomic E-state index is 0.0313. The van der Waals surface area contributed by atoms with Crippen molar-refractivity contribution in [2.24, 2.45) is 11.8 Å². The van der Waals surface area contributed by atoms with Crippen LogP contribution in [0.25, 0.3) is 17.0 Å². The van der Waals surface area contributed by atoms with Crippen molar-refractivity contribution in [3.05, 3.63) is 53.9 Å². The highest BCUT2D eigenvalue weighted by atomic mass is 16.4. The van der Waals surface area contributed by atoms with Crippen LogP contribution < -0.4 is 0 Å². The standard InChI is InChI=1S/C26H33N3O2/c1-29(18-25(30)31)17-19-7-9-23(10-8-19)26-27-15-24(16-28-26)22-13-11-21(12-14-22)20-5-3-2-4-6-20/h7-10,13,15-16,20-21H,2-6,11-12,14,17-18H2,1H3,(H,30,31). The van der Waals surface area contributed by atoms with E-state index in [9.17, 15) is 4.79 Å². The number of aromatic nitrogens is 2. The summed E-state index contributed by atoms with van der Waals surface area (Å²) in [6, 6.07) is 8.04. The lowest BCUT2D eigenvalue weighted by molar-refractivity contribution is -0.138. The van der Waals surface area contributed by atoms with E-state index in [-0.39, 0.29) is 6.54 Å². The molecule has 1 aromatic carbocycles. The third-order valence-corrected chi connectivity index (χ3v) is 6.86. The Balaban J connectivity index is 1.36. The summed E-state index contributed by atoms with van der Waals surface area (Å²) in [4.78, 5) is 21.8. The zero-order valence-corrected chi connectivity index (χ0v) is 18.5. The van der Waals surface area contributed by atoms with E-state index in [0.29, 0.717) is 6.54 Å². The molecule has 5 heteroatoms. The molecule has 4 rings (SSSR count). The highest BCUT2D eigenvalue weighted by molar-refractivity contribution is 5.69. The normalized spacial score (nSPS) is 19.9. The van der Waals surface area contributed by atoms with Crippen molar-refractivity contribution >= 4 is 11.5 Å². The maximum Gasteiger partial charge on any atom is 0.317 e. The Kier molecular flexibility index (Phi) is 7.13. The summed E-state index contributed by atoms with van der Waals surface area (Å²) < 4.78 is 0. The smallest absolute Gasteiger partial charge is 0.317 e. The van der Waals surface area contributed by atoms with Gasteiger partial charge < -0.3 is 5.11 Å². The number of nitrogens with zero attached hydrogens (tertiary/aromatic N) is 3. The van der Waals surface area contributed by atoms with Crippen LogP contribution in [0, 0.1) is 11.8 Å². The van der Waals surface area contributed by atoms with Crippen molar-refractivity contribution in [1.82, 2.24) is 14.9 Å². The lowest BCUT2D eigenvalue weighted by Gasteiger charge is -2.32. The second-order valence-electron chi connectivity index (χ2n) is 9.22. The number of allylic oxidation sites excluding steroid dienone is 2. The molecule has 1 fully saturated rings. The second-order valence-corrected chi connectivity index (χ2v) is 9.22. The minimum Gasteiger partial charge on any atom is -0.480 e. The molecule has 1 saturated carbocycles. The van der Waals surface area contributed by atoms with Crippen LogP contribution in [0.4, 0.5) is 0 Å². The number of aliphatic carboxylic acids is 1. The number of rotatable bonds is 7. The predicted molar refractivity (Wildman–Crippen MR) is 123 cm³/mol. The first kappa shape index (κ1) is 21.7. The molecule has 1 N–H and O–H groups in total. The van der Waals surface area contributed by atoms with E-state index in [1.54, 1.807) is 11.9 Å². The molecule has 1 atom stereocenters. The van der Waals surface area contributed by atoms with Gasteiger partial charge in [0.25, 0.3) is 0 Å². The van der Waals surface area contributed by atoms with Crippen LogP contribution >= 0.6 is 0 Å². The Morgan fingerprint density at radius 3 is 2.32 bits per heavy atom. The molecule has 0 radical (unpaired) electrons. The van der Waals surface area contributed by atoms with E-state index in [4.69, 9.17) is 5.11 Å². The molecule has 5 nitrogen and oxygen atoms in total. The fourth-order valence-electron chi connectivity index (χ4n) is 5.15. The van der Waals surface area contributed by atoms with Crippen molar-refractivity contribution in [2.45, 2.75) is 57.9 Å². The molecule has 2 aliphatic carbocycles. The fraction of sp³-hybridized carbons (Fsp3) is 0.500. The van der Waals surface area contributed by atoms with Gasteiger partial charge in [0.15, 0.2) is 5.82 Å². The Morgan fingerprint density at radius 1 is 1.00 bits per heavy atom. The van der Waals surface area contributed by atoms with Crippen LogP contribution in [0.5, 0.6) is 0 Å². The Hall–Kier alpha value is -2.53. The largest absolute Gasteiger partial charge is 0.480 e. The number of carboxylic acids is 1. The summed E-state index contributed by atoms with van der Waals surface area (Å²) in [5.74, 6) is 1.73. The lowest BCUT2D eigenvalue weighted by Crippen LogP contribution is -2.25. The van der Waals surface area contributed by atoms with Gasteiger partial charge in [-0.15, -0.1) is 0 Å². The van der Waals surface area contributed by atoms with Crippen LogP contribution in [0.15, 0.2) is 42.7 Å². The van der Waals surface area contributed by atoms with Crippen molar-refractivity contribution in [3.63, 3.8) is 0 Å². The number of hydrogen-bond donors (Lipinski definition) is 1. The molecule has 2 aliphatic rings. The quantitative estimate of drug-likeness (QED) is 0.649. The molecule has 0 amide bonds. The van der Waals surface area contributed by atoms with Gasteiger partial charge in [0, 0.05) is 30.1 Å². The van der Waals surface area contributed by atoms with Gasteiger partial charge in [-0.2, -0.15) is 0 Å². The zero-order valence-electron chi connectivity index (χ0n) is 18.5. The first-order chi connectivity index (χ1) is 15.1. The fourth-order valence-corrected chi connectivity index (χ4v) is 5.15. The molecule has 2 aromatic rings. The lowest BCUT2D eigenvalue weighted by atomic mass is 9.73. The first-order valence-electron chi connectivity index (χ1n) is 11.6. The number of carboxylic acid groups (broad SMARTS) is 1. The maximum atomic E-state index is 10.8. The monoisotopic (exact) mass is 419 g/mol. The van der Waals surface area contributed by atoms with E-state index in [2.05, 4.69) is 16.0 Å². The third-order valence-electron chi connectivity index (χ3n) is 6.86. The summed E-state index contributed by atoms with van der Waals surface area (Å²) in [5.41, 5.74) is 4.60. The second kappa shape index (κ2) is 10.2. The average Bonchev–Trinajstić information content (AvgIpc) is 2.80. The van der Waals surface area contributed by atoms with E-state index in [1.807, 2.05) is 36.7 Å². The molecule has 0 spiro atoms. The number of carbonyl (C=O) groups is 1. The summed E-state index contributed by atoms with van der Waals surface area (Å²) in [6.45, 7) is 0.631. The van der Waals surface area contributed by atoms with E-state index >= 15 is 0 Å². The average molecular weight is 420 g/mol. The van der Waals surface area contributed by atoms with Crippen LogP contribution in [-0.4, -0.2) is 39.5 Å². The van der Waals surface area contributed by atoms with Crippen molar-refractivity contribution in [3.8, 4) is 11.4 Å². The molecule has 0 saturated heterocycles. The van der Waals surface area contributed by atoms with Gasteiger partial charge in [-0.3, -0.25) is 9.69 Å². The SMILES string of the molecule is CN(CC(=O)O)Cc1ccc(-c2ncc(C3=CCC(C4CCCCC4)CC3)cn2)cc1. The molecule has 1 aromatic heterocycles. The van der Waals surface area contributed by atoms with Gasteiger partial charge in [-0.25, -0.2) is 9.97 Å². The molecular weight excluding hydrogens is 386 g/mol. The summed E-state index contributed by atoms with van der Waals surface area (Å²) >= 11 is 0. The van der Waals surface area contributed by atoms with Crippen LogP contribution in [-0.2, 0) is 11.3 Å². The summed E-state index contributed by atoms with van der Waals surface area (Å²) in [6.07, 6.45) is 17.1. The van der Waals surface area contributed by atoms with Gasteiger partial charge in [-0.1, -0.05) is 62.4 Å². The number of hydrogen-bond acceptors (Lipinski definition) is 4. The Morgan fingerprint density at radius 2 is 1.71 bits per heavy atom. The zero-order chi connectivity index (χ0) is 21.6. The van der Waals surface area contributed by atoms with Crippen LogP contribution in [0.1, 0.15) is 62.5 Å². The first-order valence-corrected chi connectivity index (χ1v) is 11.6. The van der Waals surface area contributed by atoms with Crippen molar-refractivity contribution < 1.29 is 9.90 Å². The number of benzene rings is 1. The predicted octanol–water partition coefficient (Wildman–Crippen LogP) is 5.42. The van der Waals surface area contributed by atoms with Crippen molar-refractivity contribution in [1.29, 1.82) is 0 Å². The molecule has 0 aliphatic heterocycles. The van der Waals surface area contributed by atoms with Crippen LogP contribution in [0.3, 0.4) is 0 Å². The molecule has 0 bridgehead atoms. The Labute approximate surface area is 185 Å². The summed E-state index contributed by atoms with van der Waals surface area (Å²) in [5, 5.41) is 8.88. The molecule has 31 heavy (non-hydrogen) atoms. The van der Waals surface area contributed by atoms with E-state index in [0.717, 1.165) is 40.8 Å². The van der Waals surface area contributed by atoms with E-state index in [1.165, 1.54) is 50.5 Å². The molecule has 1 heterocycles. The van der Waals surface area contributed by atoms with Gasteiger partial charge in [0.05, 0.1) is 6.54 Å². The van der Waals surface area contributed by atoms with Gasteiger partial charge >= 0.3 is 5.97 Å². The van der Waals surface area contributed by atoms with Gasteiger partial charge in [0.1, 0.15) is 0 Å². The maximum absolute atomic E-state index is 10.8. The molecule has 1 unspecified atom stereocenters. The topological polar surface area (TPSA) is 66.3 Å². The summed E-state index contributed by atoms with van der Waals surface area (Å²) in [7, 11) is 1.81. The van der Waals surface area contributed by atoms with E-state index < -0.39 is 5.97 Å².